The summed E-state index contributed by atoms with van der Waals surface area (Å²) in [6.07, 6.45) is 0.0744. The van der Waals surface area contributed by atoms with E-state index in [1.165, 1.54) is 0 Å². The Labute approximate surface area is 90.2 Å². The van der Waals surface area contributed by atoms with Gasteiger partial charge in [-0.25, -0.2) is 0 Å². The van der Waals surface area contributed by atoms with Crippen molar-refractivity contribution in [3.05, 3.63) is 29.3 Å². The molecule has 0 aliphatic rings. The van der Waals surface area contributed by atoms with Crippen LogP contribution in [0.25, 0.3) is 0 Å². The van der Waals surface area contributed by atoms with E-state index < -0.39 is 0 Å². The van der Waals surface area contributed by atoms with Crippen LogP contribution in [0.2, 0.25) is 0 Å². The molecule has 3 heteroatoms. The molecule has 1 aromatic rings. The minimum absolute atomic E-state index is 0.0744. The number of hydrogen-bond acceptors (Lipinski definition) is 3. The monoisotopic (exact) mass is 205 g/mol. The number of benzene rings is 1. The molecule has 0 saturated carbocycles. The van der Waals surface area contributed by atoms with E-state index in [1.54, 1.807) is 13.2 Å². The summed E-state index contributed by atoms with van der Waals surface area (Å²) >= 11 is 0. The summed E-state index contributed by atoms with van der Waals surface area (Å²) < 4.78 is 10.5. The van der Waals surface area contributed by atoms with Crippen molar-refractivity contribution < 1.29 is 9.47 Å². The van der Waals surface area contributed by atoms with Crippen LogP contribution in [0.4, 0.5) is 0 Å². The molecule has 1 rings (SSSR count). The molecule has 1 aromatic carbocycles. The molecule has 0 aromatic heterocycles. The van der Waals surface area contributed by atoms with Crippen LogP contribution in [-0.4, -0.2) is 13.2 Å². The lowest BCUT2D eigenvalue weighted by Gasteiger charge is -2.11. The molecule has 0 saturated heterocycles. The largest absolute Gasteiger partial charge is 0.490 e. The van der Waals surface area contributed by atoms with Crippen LogP contribution in [0.1, 0.15) is 25.0 Å². The van der Waals surface area contributed by atoms with E-state index in [9.17, 15) is 0 Å². The van der Waals surface area contributed by atoms with Crippen LogP contribution < -0.4 is 4.74 Å². The molecule has 0 aliphatic carbocycles. The Morgan fingerprint density at radius 3 is 2.67 bits per heavy atom. The fourth-order valence-corrected chi connectivity index (χ4v) is 1.28. The molecule has 0 atom stereocenters. The van der Waals surface area contributed by atoms with Gasteiger partial charge in [0.05, 0.1) is 18.3 Å². The smallest absolute Gasteiger partial charge is 0.137 e. The van der Waals surface area contributed by atoms with Crippen molar-refractivity contribution in [1.29, 1.82) is 5.26 Å². The fourth-order valence-electron chi connectivity index (χ4n) is 1.28. The first kappa shape index (κ1) is 11.5. The van der Waals surface area contributed by atoms with Crippen molar-refractivity contribution >= 4 is 0 Å². The number of hydrogen-bond donors (Lipinski definition) is 0. The van der Waals surface area contributed by atoms with E-state index in [-0.39, 0.29) is 6.10 Å². The molecule has 15 heavy (non-hydrogen) atoms. The van der Waals surface area contributed by atoms with Crippen LogP contribution in [0, 0.1) is 11.3 Å². The van der Waals surface area contributed by atoms with Gasteiger partial charge in [-0.15, -0.1) is 0 Å². The van der Waals surface area contributed by atoms with Crippen molar-refractivity contribution in [2.75, 3.05) is 7.11 Å². The normalized spacial score (nSPS) is 10.1. The second kappa shape index (κ2) is 5.38. The number of methoxy groups -OCH3 is 1. The molecular formula is C12H15NO2. The molecule has 0 N–H and O–H groups in total. The molecule has 3 nitrogen and oxygen atoms in total. The lowest BCUT2D eigenvalue weighted by molar-refractivity contribution is 0.184. The highest BCUT2D eigenvalue weighted by molar-refractivity contribution is 5.45. The van der Waals surface area contributed by atoms with Crippen LogP contribution in [0.15, 0.2) is 18.2 Å². The van der Waals surface area contributed by atoms with Gasteiger partial charge in [0, 0.05) is 7.11 Å². The Morgan fingerprint density at radius 2 is 2.13 bits per heavy atom. The average molecular weight is 205 g/mol. The van der Waals surface area contributed by atoms with Gasteiger partial charge in [-0.05, 0) is 31.5 Å². The summed E-state index contributed by atoms with van der Waals surface area (Å²) in [6.45, 7) is 4.38. The SMILES string of the molecule is COCc1ccc(OC(C)C)c(C#N)c1. The zero-order valence-electron chi connectivity index (χ0n) is 9.28. The molecule has 0 radical (unpaired) electrons. The van der Waals surface area contributed by atoms with Gasteiger partial charge in [-0.2, -0.15) is 5.26 Å². The maximum absolute atomic E-state index is 8.95. The zero-order valence-corrected chi connectivity index (χ0v) is 9.28. The van der Waals surface area contributed by atoms with E-state index in [2.05, 4.69) is 6.07 Å². The lowest BCUT2D eigenvalue weighted by atomic mass is 10.1. The zero-order chi connectivity index (χ0) is 11.3. The quantitative estimate of drug-likeness (QED) is 0.758. The van der Waals surface area contributed by atoms with Crippen LogP contribution >= 0.6 is 0 Å². The summed E-state index contributed by atoms with van der Waals surface area (Å²) in [5, 5.41) is 8.95. The van der Waals surface area contributed by atoms with Crippen molar-refractivity contribution in [2.45, 2.75) is 26.6 Å². The molecule has 0 heterocycles. The first-order chi connectivity index (χ1) is 7.17. The number of rotatable bonds is 4. The molecule has 0 bridgehead atoms. The maximum Gasteiger partial charge on any atom is 0.137 e. The summed E-state index contributed by atoms with van der Waals surface area (Å²) in [7, 11) is 1.63. The molecule has 0 spiro atoms. The molecule has 80 valence electrons. The standard InChI is InChI=1S/C12H15NO2/c1-9(2)15-12-5-4-10(8-14-3)6-11(12)7-13/h4-6,9H,8H2,1-3H3. The highest BCUT2D eigenvalue weighted by Crippen LogP contribution is 2.20. The Kier molecular flexibility index (Phi) is 4.14. The van der Waals surface area contributed by atoms with Gasteiger partial charge < -0.3 is 9.47 Å². The minimum atomic E-state index is 0.0744. The van der Waals surface area contributed by atoms with Crippen molar-refractivity contribution in [3.8, 4) is 11.8 Å². The summed E-state index contributed by atoms with van der Waals surface area (Å²) in [6, 6.07) is 7.63. The van der Waals surface area contributed by atoms with Crippen LogP contribution in [0.5, 0.6) is 5.75 Å². The summed E-state index contributed by atoms with van der Waals surface area (Å²) in [5.74, 6) is 0.632. The van der Waals surface area contributed by atoms with Crippen LogP contribution in [-0.2, 0) is 11.3 Å². The highest BCUT2D eigenvalue weighted by Gasteiger charge is 2.06. The van der Waals surface area contributed by atoms with E-state index in [0.717, 1.165) is 5.56 Å². The Hall–Kier alpha value is -1.53. The topological polar surface area (TPSA) is 42.2 Å². The number of ether oxygens (including phenoxy) is 2. The summed E-state index contributed by atoms with van der Waals surface area (Å²) in [4.78, 5) is 0. The van der Waals surface area contributed by atoms with Gasteiger partial charge >= 0.3 is 0 Å². The third-order valence-electron chi connectivity index (χ3n) is 1.84. The Morgan fingerprint density at radius 1 is 1.40 bits per heavy atom. The molecule has 0 unspecified atom stereocenters. The van der Waals surface area contributed by atoms with Crippen molar-refractivity contribution in [3.63, 3.8) is 0 Å². The average Bonchev–Trinajstić information content (AvgIpc) is 2.20. The maximum atomic E-state index is 8.95. The van der Waals surface area contributed by atoms with Crippen molar-refractivity contribution in [2.24, 2.45) is 0 Å². The van der Waals surface area contributed by atoms with Crippen LogP contribution in [0.3, 0.4) is 0 Å². The Balaban J connectivity index is 2.94. The predicted molar refractivity (Wildman–Crippen MR) is 57.6 cm³/mol. The molecule has 0 amide bonds. The summed E-state index contributed by atoms with van der Waals surface area (Å²) in [5.41, 5.74) is 1.53. The Bertz CT molecular complexity index is 366. The van der Waals surface area contributed by atoms with E-state index in [0.29, 0.717) is 17.9 Å². The first-order valence-corrected chi connectivity index (χ1v) is 4.86. The first-order valence-electron chi connectivity index (χ1n) is 4.86. The molecule has 0 fully saturated rings. The number of nitrogens with zero attached hydrogens (tertiary/aromatic N) is 1. The van der Waals surface area contributed by atoms with Gasteiger partial charge in [0.1, 0.15) is 11.8 Å². The highest BCUT2D eigenvalue weighted by atomic mass is 16.5. The van der Waals surface area contributed by atoms with Crippen molar-refractivity contribution in [1.82, 2.24) is 0 Å². The minimum Gasteiger partial charge on any atom is -0.490 e. The number of nitriles is 1. The molecular weight excluding hydrogens is 190 g/mol. The van der Waals surface area contributed by atoms with Gasteiger partial charge in [0.15, 0.2) is 0 Å². The molecule has 0 aliphatic heterocycles. The van der Waals surface area contributed by atoms with E-state index >= 15 is 0 Å². The van der Waals surface area contributed by atoms with Gasteiger partial charge in [-0.1, -0.05) is 6.07 Å². The lowest BCUT2D eigenvalue weighted by Crippen LogP contribution is -2.07. The third-order valence-corrected chi connectivity index (χ3v) is 1.84. The van der Waals surface area contributed by atoms with E-state index in [1.807, 2.05) is 26.0 Å². The van der Waals surface area contributed by atoms with Gasteiger partial charge in [0.25, 0.3) is 0 Å². The predicted octanol–water partition coefficient (Wildman–Crippen LogP) is 2.49. The van der Waals surface area contributed by atoms with Gasteiger partial charge in [0.2, 0.25) is 0 Å². The second-order valence-corrected chi connectivity index (χ2v) is 3.54. The van der Waals surface area contributed by atoms with Gasteiger partial charge in [-0.3, -0.25) is 0 Å². The van der Waals surface area contributed by atoms with E-state index in [4.69, 9.17) is 14.7 Å². The second-order valence-electron chi connectivity index (χ2n) is 3.54. The fraction of sp³-hybridized carbons (Fsp3) is 0.417. The third kappa shape index (κ3) is 3.26.